The van der Waals surface area contributed by atoms with Crippen molar-refractivity contribution < 1.29 is 13.2 Å². The van der Waals surface area contributed by atoms with Crippen LogP contribution < -0.4 is 5.32 Å². The summed E-state index contributed by atoms with van der Waals surface area (Å²) >= 11 is 0. The molecule has 108 valence electrons. The zero-order valence-electron chi connectivity index (χ0n) is 11.5. The normalized spacial score (nSPS) is 16.4. The number of hydrogen-bond acceptors (Lipinski definition) is 4. The molecule has 1 aliphatic rings. The molecular weight excluding hydrogens is 252 g/mol. The molecule has 0 aromatic rings. The zero-order valence-corrected chi connectivity index (χ0v) is 12.3. The van der Waals surface area contributed by atoms with Crippen LogP contribution in [-0.4, -0.2) is 57.9 Å². The highest BCUT2D eigenvalue weighted by Gasteiger charge is 2.21. The average Bonchev–Trinajstić information content (AvgIpc) is 3.13. The fourth-order valence-corrected chi connectivity index (χ4v) is 3.39. The first kappa shape index (κ1) is 15.9. The van der Waals surface area contributed by atoms with Gasteiger partial charge in [-0.25, -0.2) is 8.42 Å². The van der Waals surface area contributed by atoms with Crippen LogP contribution in [0.25, 0.3) is 0 Å². The summed E-state index contributed by atoms with van der Waals surface area (Å²) in [7, 11) is -1.52. The summed E-state index contributed by atoms with van der Waals surface area (Å²) in [5.74, 6) is 0.247. The van der Waals surface area contributed by atoms with Crippen LogP contribution in [0.15, 0.2) is 0 Å². The van der Waals surface area contributed by atoms with Gasteiger partial charge < -0.3 is 10.1 Å². The highest BCUT2D eigenvalue weighted by atomic mass is 32.2. The minimum Gasteiger partial charge on any atom is -0.383 e. The molecule has 1 N–H and O–H groups in total. The predicted octanol–water partition coefficient (Wildman–Crippen LogP) is 0.817. The Morgan fingerprint density at radius 2 is 2.06 bits per heavy atom. The summed E-state index contributed by atoms with van der Waals surface area (Å²) < 4.78 is 30.5. The van der Waals surface area contributed by atoms with Gasteiger partial charge in [0, 0.05) is 26.2 Å². The molecule has 0 spiro atoms. The van der Waals surface area contributed by atoms with E-state index >= 15 is 0 Å². The fraction of sp³-hybridized carbons (Fsp3) is 1.00. The zero-order chi connectivity index (χ0) is 13.4. The van der Waals surface area contributed by atoms with E-state index in [1.54, 1.807) is 7.11 Å². The van der Waals surface area contributed by atoms with Crippen LogP contribution in [0.4, 0.5) is 0 Å². The Kier molecular flexibility index (Phi) is 7.14. The van der Waals surface area contributed by atoms with Crippen molar-refractivity contribution in [3.63, 3.8) is 0 Å². The van der Waals surface area contributed by atoms with Crippen LogP contribution in [0.1, 0.15) is 32.6 Å². The standard InChI is InChI=1S/C12H26N2O3S/c1-3-14(9-10-17-2)18(15,16)11-5-4-8-13-12-6-7-12/h12-13H,3-11H2,1-2H3. The van der Waals surface area contributed by atoms with Crippen molar-refractivity contribution in [3.05, 3.63) is 0 Å². The molecule has 0 unspecified atom stereocenters. The Hall–Kier alpha value is -0.170. The van der Waals surface area contributed by atoms with Crippen LogP contribution in [0.3, 0.4) is 0 Å². The van der Waals surface area contributed by atoms with Crippen molar-refractivity contribution in [2.75, 3.05) is 39.1 Å². The Morgan fingerprint density at radius 3 is 2.61 bits per heavy atom. The third kappa shape index (κ3) is 6.13. The summed E-state index contributed by atoms with van der Waals surface area (Å²) in [6, 6.07) is 0.704. The predicted molar refractivity (Wildman–Crippen MR) is 73.2 cm³/mol. The van der Waals surface area contributed by atoms with Gasteiger partial charge in [0.1, 0.15) is 0 Å². The number of nitrogens with zero attached hydrogens (tertiary/aromatic N) is 1. The smallest absolute Gasteiger partial charge is 0.214 e. The molecule has 0 heterocycles. The lowest BCUT2D eigenvalue weighted by atomic mass is 10.3. The Morgan fingerprint density at radius 1 is 1.33 bits per heavy atom. The van der Waals surface area contributed by atoms with E-state index in [9.17, 15) is 8.42 Å². The van der Waals surface area contributed by atoms with Crippen LogP contribution in [0.5, 0.6) is 0 Å². The number of sulfonamides is 1. The first-order valence-corrected chi connectivity index (χ1v) is 8.41. The maximum atomic E-state index is 12.0. The van der Waals surface area contributed by atoms with Crippen molar-refractivity contribution in [1.29, 1.82) is 0 Å². The molecule has 1 rings (SSSR count). The monoisotopic (exact) mass is 278 g/mol. The van der Waals surface area contributed by atoms with Gasteiger partial charge >= 0.3 is 0 Å². The molecule has 0 amide bonds. The van der Waals surface area contributed by atoms with Gasteiger partial charge in [-0.15, -0.1) is 0 Å². The maximum Gasteiger partial charge on any atom is 0.214 e. The van der Waals surface area contributed by atoms with E-state index in [1.165, 1.54) is 17.1 Å². The van der Waals surface area contributed by atoms with Crippen molar-refractivity contribution in [2.24, 2.45) is 0 Å². The maximum absolute atomic E-state index is 12.0. The molecule has 5 nitrogen and oxygen atoms in total. The van der Waals surface area contributed by atoms with Crippen molar-refractivity contribution >= 4 is 10.0 Å². The van der Waals surface area contributed by atoms with Crippen molar-refractivity contribution in [3.8, 4) is 0 Å². The molecule has 0 bridgehead atoms. The molecule has 1 saturated carbocycles. The van der Waals surface area contributed by atoms with Gasteiger partial charge in [0.05, 0.1) is 12.4 Å². The summed E-state index contributed by atoms with van der Waals surface area (Å²) in [6.45, 7) is 4.23. The third-order valence-electron chi connectivity index (χ3n) is 3.13. The van der Waals surface area contributed by atoms with Gasteiger partial charge in [0.2, 0.25) is 10.0 Å². The molecule has 0 saturated heterocycles. The van der Waals surface area contributed by atoms with E-state index in [1.807, 2.05) is 6.92 Å². The van der Waals surface area contributed by atoms with E-state index in [0.29, 0.717) is 25.7 Å². The van der Waals surface area contributed by atoms with Crippen LogP contribution in [-0.2, 0) is 14.8 Å². The summed E-state index contributed by atoms with van der Waals surface area (Å²) in [5.41, 5.74) is 0. The van der Waals surface area contributed by atoms with E-state index in [4.69, 9.17) is 4.74 Å². The van der Waals surface area contributed by atoms with Crippen LogP contribution >= 0.6 is 0 Å². The topological polar surface area (TPSA) is 58.6 Å². The van der Waals surface area contributed by atoms with Gasteiger partial charge in [-0.2, -0.15) is 4.31 Å². The molecular formula is C12H26N2O3S. The first-order valence-electron chi connectivity index (χ1n) is 6.80. The molecule has 0 aromatic heterocycles. The van der Waals surface area contributed by atoms with Gasteiger partial charge in [-0.1, -0.05) is 6.92 Å². The van der Waals surface area contributed by atoms with Crippen LogP contribution in [0.2, 0.25) is 0 Å². The quantitative estimate of drug-likeness (QED) is 0.568. The lowest BCUT2D eigenvalue weighted by molar-refractivity contribution is 0.180. The number of nitrogens with one attached hydrogen (secondary N) is 1. The minimum atomic E-state index is -3.10. The SMILES string of the molecule is CCN(CCOC)S(=O)(=O)CCCCNC1CC1. The van der Waals surface area contributed by atoms with Gasteiger partial charge in [0.25, 0.3) is 0 Å². The number of methoxy groups -OCH3 is 1. The first-order chi connectivity index (χ1) is 8.60. The molecule has 1 aliphatic carbocycles. The Labute approximate surface area is 111 Å². The summed E-state index contributed by atoms with van der Waals surface area (Å²) in [6.07, 6.45) is 4.21. The number of rotatable bonds is 11. The number of hydrogen-bond donors (Lipinski definition) is 1. The third-order valence-corrected chi connectivity index (χ3v) is 5.16. The Bertz CT molecular complexity index is 315. The molecule has 0 aliphatic heterocycles. The van der Waals surface area contributed by atoms with Crippen molar-refractivity contribution in [2.45, 2.75) is 38.6 Å². The molecule has 0 atom stereocenters. The Balaban J connectivity index is 2.18. The van der Waals surface area contributed by atoms with E-state index < -0.39 is 10.0 Å². The van der Waals surface area contributed by atoms with E-state index in [-0.39, 0.29) is 5.75 Å². The van der Waals surface area contributed by atoms with E-state index in [2.05, 4.69) is 5.32 Å². The largest absolute Gasteiger partial charge is 0.383 e. The second kappa shape index (κ2) is 8.09. The van der Waals surface area contributed by atoms with E-state index in [0.717, 1.165) is 19.4 Å². The number of unbranched alkanes of at least 4 members (excludes halogenated alkanes) is 1. The van der Waals surface area contributed by atoms with Crippen LogP contribution in [0, 0.1) is 0 Å². The molecule has 18 heavy (non-hydrogen) atoms. The van der Waals surface area contributed by atoms with Gasteiger partial charge in [0.15, 0.2) is 0 Å². The summed E-state index contributed by atoms with van der Waals surface area (Å²) in [5, 5.41) is 3.39. The molecule has 1 fully saturated rings. The highest BCUT2D eigenvalue weighted by molar-refractivity contribution is 7.89. The minimum absolute atomic E-state index is 0.247. The number of ether oxygens (including phenoxy) is 1. The second-order valence-corrected chi connectivity index (χ2v) is 6.82. The second-order valence-electron chi connectivity index (χ2n) is 4.74. The average molecular weight is 278 g/mol. The highest BCUT2D eigenvalue weighted by Crippen LogP contribution is 2.18. The van der Waals surface area contributed by atoms with Gasteiger partial charge in [-0.05, 0) is 32.2 Å². The number of likely N-dealkylation sites (N-methyl/N-ethyl adjacent to an activating group) is 1. The molecule has 6 heteroatoms. The lowest BCUT2D eigenvalue weighted by Crippen LogP contribution is -2.35. The fourth-order valence-electron chi connectivity index (χ4n) is 1.82. The van der Waals surface area contributed by atoms with Gasteiger partial charge in [-0.3, -0.25) is 0 Å². The van der Waals surface area contributed by atoms with Crippen molar-refractivity contribution in [1.82, 2.24) is 9.62 Å². The molecule has 0 aromatic carbocycles. The lowest BCUT2D eigenvalue weighted by Gasteiger charge is -2.19. The molecule has 0 radical (unpaired) electrons. The summed E-state index contributed by atoms with van der Waals surface area (Å²) in [4.78, 5) is 0.